The van der Waals surface area contributed by atoms with Crippen molar-refractivity contribution < 1.29 is 42.8 Å². The highest BCUT2D eigenvalue weighted by atomic mass is 35.5. The first-order valence-electron chi connectivity index (χ1n) is 32.7. The Hall–Kier alpha value is -9.34. The largest absolute Gasteiger partial charge is 0.493 e. The summed E-state index contributed by atoms with van der Waals surface area (Å²) in [4.78, 5) is 80.0. The molecular weight excluding hydrogens is 1390 g/mol. The number of fused-ring (bicyclic) bond motifs is 3. The molecule has 25 nitrogen and oxygen atoms in total. The van der Waals surface area contributed by atoms with Crippen molar-refractivity contribution in [2.75, 3.05) is 54.7 Å². The van der Waals surface area contributed by atoms with Crippen LogP contribution < -0.4 is 50.1 Å². The molecule has 101 heavy (non-hydrogen) atoms. The fourth-order valence-corrected chi connectivity index (χ4v) is 13.2. The summed E-state index contributed by atoms with van der Waals surface area (Å²) in [7, 11) is 4.83. The third-order valence-electron chi connectivity index (χ3n) is 17.2. The van der Waals surface area contributed by atoms with Gasteiger partial charge in [-0.3, -0.25) is 14.4 Å². The number of ether oxygens (including phenoxy) is 6. The highest BCUT2D eigenvalue weighted by molar-refractivity contribution is 8.00. The van der Waals surface area contributed by atoms with E-state index in [1.165, 1.54) is 36.4 Å². The predicted molar refractivity (Wildman–Crippen MR) is 401 cm³/mol. The number of rotatable bonds is 19. The molecule has 3 aliphatic carbocycles. The van der Waals surface area contributed by atoms with Crippen LogP contribution in [-0.4, -0.2) is 126 Å². The lowest BCUT2D eigenvalue weighted by Gasteiger charge is -2.27. The van der Waals surface area contributed by atoms with Crippen LogP contribution >= 0.6 is 59.7 Å². The van der Waals surface area contributed by atoms with E-state index < -0.39 is 0 Å². The summed E-state index contributed by atoms with van der Waals surface area (Å²) in [5, 5.41) is 9.75. The molecule has 6 heterocycles. The van der Waals surface area contributed by atoms with Gasteiger partial charge >= 0.3 is 0 Å². The number of hydrogen-bond donors (Lipinski definition) is 8. The molecule has 3 aromatic carbocycles. The van der Waals surface area contributed by atoms with Crippen LogP contribution in [0.15, 0.2) is 83.5 Å². The van der Waals surface area contributed by atoms with Crippen LogP contribution in [0.25, 0.3) is 47.6 Å². The number of benzene rings is 3. The molecular formula is C71H82Cl2N16O9S3. The number of nitrogens with two attached hydrogens (primary N) is 1. The SMILES string of the molecule is COc1ccc(NC(=O)CCl)cc1OC1CCC(C)CC1.Cl.[C-]#[N+]c1ncc2[nH]c(=S)[nH]c2c1C.[C-]#[N+]c1ncc2[nH]c(SCC(=O)Nc3ccc(OC)c(OC4CCC(C)CC4)c3)nc2c1C.[C-]#[N+]c1ncc2[nH]c(SCC(=O)Nc3ccc(OC)c(OC4CCC(N)CC4)c3)nc2c1C. The molecule has 6 aromatic heterocycles. The van der Waals surface area contributed by atoms with Crippen molar-refractivity contribution in [2.24, 2.45) is 17.6 Å². The van der Waals surface area contributed by atoms with Gasteiger partial charge in [0.05, 0.1) is 67.7 Å². The van der Waals surface area contributed by atoms with E-state index in [1.807, 2.05) is 32.9 Å². The van der Waals surface area contributed by atoms with Crippen LogP contribution in [-0.2, 0) is 14.4 Å². The van der Waals surface area contributed by atoms with E-state index in [0.717, 1.165) is 115 Å². The molecule has 532 valence electrons. The number of alkyl halides is 1. The van der Waals surface area contributed by atoms with Gasteiger partial charge in [0.15, 0.2) is 49.6 Å². The molecule has 3 aliphatic rings. The summed E-state index contributed by atoms with van der Waals surface area (Å²) in [6.07, 6.45) is 17.9. The van der Waals surface area contributed by atoms with Gasteiger partial charge in [-0.1, -0.05) is 57.1 Å². The minimum Gasteiger partial charge on any atom is -0.493 e. The molecule has 3 amide bonds. The number of aromatic amines is 4. The Morgan fingerprint density at radius 3 is 1.26 bits per heavy atom. The number of carbonyl (C=O) groups excluding carboxylic acids is 3. The normalized spacial score (nSPS) is 17.6. The lowest BCUT2D eigenvalue weighted by Crippen LogP contribution is -2.31. The fraction of sp³-hybridized carbons (Fsp3) is 0.408. The van der Waals surface area contributed by atoms with E-state index in [1.54, 1.807) is 82.4 Å². The number of pyridine rings is 3. The number of nitrogens with zero attached hydrogens (tertiary/aromatic N) is 8. The van der Waals surface area contributed by atoms with Crippen molar-refractivity contribution in [3.05, 3.63) is 129 Å². The summed E-state index contributed by atoms with van der Waals surface area (Å²) in [6.45, 7) is 31.3. The molecule has 9 N–H and O–H groups in total. The smallest absolute Gasteiger partial charge is 0.274 e. The van der Waals surface area contributed by atoms with E-state index in [-0.39, 0.29) is 71.9 Å². The van der Waals surface area contributed by atoms with Gasteiger partial charge in [0, 0.05) is 58.0 Å². The second kappa shape index (κ2) is 37.4. The van der Waals surface area contributed by atoms with Crippen molar-refractivity contribution in [3.8, 4) is 34.5 Å². The number of thioether (sulfide) groups is 2. The zero-order valence-electron chi connectivity index (χ0n) is 57.3. The van der Waals surface area contributed by atoms with Crippen LogP contribution in [0.3, 0.4) is 0 Å². The minimum absolute atomic E-state index is 0. The molecule has 0 aliphatic heterocycles. The molecule has 0 bridgehead atoms. The Bertz CT molecular complexity index is 4350. The molecule has 0 radical (unpaired) electrons. The van der Waals surface area contributed by atoms with Crippen LogP contribution in [0.2, 0.25) is 0 Å². The number of aromatic nitrogens is 9. The van der Waals surface area contributed by atoms with E-state index >= 15 is 0 Å². The Morgan fingerprint density at radius 1 is 0.535 bits per heavy atom. The first-order valence-corrected chi connectivity index (χ1v) is 35.6. The first kappa shape index (κ1) is 77.4. The number of amides is 3. The molecule has 12 rings (SSSR count). The van der Waals surface area contributed by atoms with E-state index in [2.05, 4.69) is 89.2 Å². The number of hydrogen-bond acceptors (Lipinski definition) is 18. The standard InChI is InChI=1S/C24H27N5O3S.C23H26N6O3S.C16H22ClNO3.C8H6N4S.ClH/c1-14-5-8-17(9-6-14)32-20-11-16(7-10-19(20)31-4)27-21(30)13-33-24-28-18-12-26-23(25-3)15(2)22(18)29-24;1-13-21-17(11-26-22(13)25-2)28-23(29-21)33-12-20(30)27-15-6-9-18(31-3)19(10-15)32-16-7-4-14(24)5-8-16;1-11-3-6-13(7-4-11)21-15-9-12(18-16(19)10-17)5-8-14(15)20-2;1-4-6-5(11-8(13)12-6)3-10-7(4)9-2;/h7,10-12,14,17H,5-6,8-9,13H2,1-2,4H3,(H,27,30)(H,28,29);6,9-11,14,16H,4-5,7-8,12,24H2,1,3H3,(H,27,30)(H,28,29);5,8-9,11,13H,3-4,6-7,10H2,1-2H3,(H,18,19);3H,1H3,(H2,11,12,13);1H. The highest BCUT2D eigenvalue weighted by Gasteiger charge is 2.25. The van der Waals surface area contributed by atoms with Crippen LogP contribution in [0.5, 0.6) is 34.5 Å². The van der Waals surface area contributed by atoms with Gasteiger partial charge < -0.3 is 84.6 Å². The maximum Gasteiger partial charge on any atom is 0.274 e. The Labute approximate surface area is 611 Å². The molecule has 0 unspecified atom stereocenters. The number of H-pyrrole nitrogens is 4. The highest BCUT2D eigenvalue weighted by Crippen LogP contribution is 2.39. The van der Waals surface area contributed by atoms with Crippen molar-refractivity contribution >= 4 is 145 Å². The number of imidazole rings is 3. The van der Waals surface area contributed by atoms with Crippen LogP contribution in [0.4, 0.5) is 34.5 Å². The van der Waals surface area contributed by atoms with Gasteiger partial charge in [-0.15, -0.1) is 39.0 Å². The molecule has 30 heteroatoms. The van der Waals surface area contributed by atoms with Crippen LogP contribution in [0.1, 0.15) is 108 Å². The predicted octanol–water partition coefficient (Wildman–Crippen LogP) is 16.5. The van der Waals surface area contributed by atoms with Gasteiger partial charge in [-0.25, -0.2) is 9.97 Å². The molecule has 3 fully saturated rings. The Balaban J connectivity index is 0.000000179. The number of anilines is 3. The Kier molecular flexibility index (Phi) is 28.6. The molecule has 0 atom stereocenters. The third kappa shape index (κ3) is 21.4. The Morgan fingerprint density at radius 2 is 0.891 bits per heavy atom. The van der Waals surface area contributed by atoms with Crippen molar-refractivity contribution in [1.82, 2.24) is 44.9 Å². The number of methoxy groups -OCH3 is 3. The second-order valence-corrected chi connectivity index (χ2v) is 27.1. The topological polar surface area (TPSA) is 309 Å². The van der Waals surface area contributed by atoms with Gasteiger partial charge in [-0.05, 0) is 158 Å². The maximum atomic E-state index is 12.6. The van der Waals surface area contributed by atoms with Gasteiger partial charge in [-0.2, -0.15) is 0 Å². The third-order valence-corrected chi connectivity index (χ3v) is 19.4. The fourth-order valence-electron chi connectivity index (χ4n) is 11.6. The molecule has 0 spiro atoms. The van der Waals surface area contributed by atoms with Crippen molar-refractivity contribution in [2.45, 2.75) is 146 Å². The van der Waals surface area contributed by atoms with Gasteiger partial charge in [0.25, 0.3) is 17.5 Å². The van der Waals surface area contributed by atoms with Crippen LogP contribution in [0, 0.1) is 57.1 Å². The molecule has 3 saturated carbocycles. The number of aryl methyl sites for hydroxylation is 3. The summed E-state index contributed by atoms with van der Waals surface area (Å²) < 4.78 is 35.2. The zero-order valence-corrected chi connectivity index (χ0v) is 61.4. The monoisotopic (exact) mass is 1470 g/mol. The number of halogens is 2. The van der Waals surface area contributed by atoms with E-state index in [9.17, 15) is 14.4 Å². The first-order chi connectivity index (χ1) is 48.3. The molecule has 0 saturated heterocycles. The molecule has 9 aromatic rings. The average molecular weight is 1470 g/mol. The van der Waals surface area contributed by atoms with E-state index in [4.69, 9.17) is 77.7 Å². The van der Waals surface area contributed by atoms with Crippen molar-refractivity contribution in [3.63, 3.8) is 0 Å². The maximum absolute atomic E-state index is 12.6. The quantitative estimate of drug-likeness (QED) is 0.0161. The zero-order chi connectivity index (χ0) is 71.4. The summed E-state index contributed by atoms with van der Waals surface area (Å²) in [5.74, 6) is 6.23. The lowest BCUT2D eigenvalue weighted by atomic mass is 9.89. The van der Waals surface area contributed by atoms with Crippen molar-refractivity contribution in [1.29, 1.82) is 0 Å². The summed E-state index contributed by atoms with van der Waals surface area (Å²) in [5.41, 5.74) is 14.8. The number of carbonyl (C=O) groups is 3. The lowest BCUT2D eigenvalue weighted by molar-refractivity contribution is -0.114. The summed E-state index contributed by atoms with van der Waals surface area (Å²) >= 11 is 13.0. The minimum atomic E-state index is -0.237. The average Bonchev–Trinajstić information content (AvgIpc) is 1.69. The second-order valence-electron chi connectivity index (χ2n) is 24.5. The summed E-state index contributed by atoms with van der Waals surface area (Å²) in [6, 6.07) is 16.4. The van der Waals surface area contributed by atoms with Gasteiger partial charge in [0.1, 0.15) is 41.0 Å². The van der Waals surface area contributed by atoms with Gasteiger partial charge in [0.2, 0.25) is 17.7 Å². The number of nitrogens with one attached hydrogen (secondary N) is 7. The van der Waals surface area contributed by atoms with E-state index in [0.29, 0.717) is 95.1 Å².